The Bertz CT molecular complexity index is 273. The molecule has 0 amide bonds. The molecule has 0 heterocycles. The highest BCUT2D eigenvalue weighted by molar-refractivity contribution is 6.12. The molecule has 0 aliphatic carbocycles. The SMILES string of the molecule is CCCCCCC=CC=C(C(=O)O)C(=O)O. The van der Waals surface area contributed by atoms with E-state index in [4.69, 9.17) is 10.2 Å². The van der Waals surface area contributed by atoms with Crippen LogP contribution in [0.2, 0.25) is 0 Å². The zero-order valence-corrected chi connectivity index (χ0v) is 9.48. The maximum absolute atomic E-state index is 10.5. The molecule has 4 heteroatoms. The third-order valence-electron chi connectivity index (χ3n) is 2.08. The van der Waals surface area contributed by atoms with Crippen molar-refractivity contribution < 1.29 is 19.8 Å². The fourth-order valence-corrected chi connectivity index (χ4v) is 1.18. The number of rotatable bonds is 8. The monoisotopic (exact) mass is 226 g/mol. The van der Waals surface area contributed by atoms with Crippen molar-refractivity contribution in [3.8, 4) is 0 Å². The molecule has 0 unspecified atom stereocenters. The summed E-state index contributed by atoms with van der Waals surface area (Å²) in [4.78, 5) is 20.9. The molecule has 0 spiro atoms. The van der Waals surface area contributed by atoms with E-state index in [2.05, 4.69) is 6.92 Å². The van der Waals surface area contributed by atoms with Crippen molar-refractivity contribution in [2.75, 3.05) is 0 Å². The van der Waals surface area contributed by atoms with Gasteiger partial charge in [0, 0.05) is 0 Å². The summed E-state index contributed by atoms with van der Waals surface area (Å²) in [6.45, 7) is 2.13. The highest BCUT2D eigenvalue weighted by atomic mass is 16.4. The van der Waals surface area contributed by atoms with E-state index in [1.54, 1.807) is 6.08 Å². The molecule has 16 heavy (non-hydrogen) atoms. The van der Waals surface area contributed by atoms with Gasteiger partial charge >= 0.3 is 11.9 Å². The van der Waals surface area contributed by atoms with Crippen LogP contribution in [-0.4, -0.2) is 22.2 Å². The standard InChI is InChI=1S/C12H18O4/c1-2-3-4-5-6-7-8-9-10(11(13)14)12(15)16/h7-9H,2-6H2,1H3,(H,13,14)(H,15,16). The molecule has 0 radical (unpaired) electrons. The number of hydrogen-bond acceptors (Lipinski definition) is 2. The number of hydrogen-bond donors (Lipinski definition) is 2. The lowest BCUT2D eigenvalue weighted by Crippen LogP contribution is -2.10. The highest BCUT2D eigenvalue weighted by Crippen LogP contribution is 2.03. The van der Waals surface area contributed by atoms with Crippen LogP contribution in [0.5, 0.6) is 0 Å². The highest BCUT2D eigenvalue weighted by Gasteiger charge is 2.13. The predicted octanol–water partition coefficient (Wildman–Crippen LogP) is 2.61. The van der Waals surface area contributed by atoms with Crippen molar-refractivity contribution in [3.05, 3.63) is 23.8 Å². The summed E-state index contributed by atoms with van der Waals surface area (Å²) in [5.41, 5.74) is -0.607. The van der Waals surface area contributed by atoms with Gasteiger partial charge in [-0.25, -0.2) is 9.59 Å². The molecule has 0 aromatic heterocycles. The van der Waals surface area contributed by atoms with Gasteiger partial charge in [-0.15, -0.1) is 0 Å². The van der Waals surface area contributed by atoms with E-state index < -0.39 is 17.5 Å². The lowest BCUT2D eigenvalue weighted by molar-refractivity contribution is -0.140. The number of carbonyl (C=O) groups is 2. The summed E-state index contributed by atoms with van der Waals surface area (Å²) in [6.07, 6.45) is 9.81. The van der Waals surface area contributed by atoms with Gasteiger partial charge in [0.25, 0.3) is 0 Å². The van der Waals surface area contributed by atoms with Gasteiger partial charge in [0.1, 0.15) is 5.57 Å². The quantitative estimate of drug-likeness (QED) is 0.219. The Morgan fingerprint density at radius 3 is 2.19 bits per heavy atom. The molecule has 0 fully saturated rings. The Morgan fingerprint density at radius 2 is 1.69 bits per heavy atom. The van der Waals surface area contributed by atoms with Crippen molar-refractivity contribution >= 4 is 11.9 Å². The maximum Gasteiger partial charge on any atom is 0.343 e. The summed E-state index contributed by atoms with van der Waals surface area (Å²) in [7, 11) is 0. The number of carboxylic acid groups (broad SMARTS) is 2. The van der Waals surface area contributed by atoms with E-state index in [0.717, 1.165) is 25.3 Å². The van der Waals surface area contributed by atoms with Crippen LogP contribution >= 0.6 is 0 Å². The van der Waals surface area contributed by atoms with Gasteiger partial charge in [0.2, 0.25) is 0 Å². The van der Waals surface area contributed by atoms with Crippen LogP contribution < -0.4 is 0 Å². The lowest BCUT2D eigenvalue weighted by atomic mass is 10.1. The summed E-state index contributed by atoms with van der Waals surface area (Å²) in [5.74, 6) is -2.83. The van der Waals surface area contributed by atoms with E-state index in [9.17, 15) is 9.59 Å². The molecule has 0 saturated carbocycles. The lowest BCUT2D eigenvalue weighted by Gasteiger charge is -1.94. The topological polar surface area (TPSA) is 74.6 Å². The Hall–Kier alpha value is -1.58. The molecule has 0 saturated heterocycles. The molecule has 0 aromatic carbocycles. The van der Waals surface area contributed by atoms with Gasteiger partial charge in [-0.2, -0.15) is 0 Å². The molecule has 0 aliphatic rings. The molecule has 4 nitrogen and oxygen atoms in total. The van der Waals surface area contributed by atoms with Crippen LogP contribution in [-0.2, 0) is 9.59 Å². The second-order valence-electron chi connectivity index (χ2n) is 3.47. The van der Waals surface area contributed by atoms with E-state index in [-0.39, 0.29) is 0 Å². The molecule has 0 rings (SSSR count). The first kappa shape index (κ1) is 14.4. The van der Waals surface area contributed by atoms with Crippen LogP contribution in [0.15, 0.2) is 23.8 Å². The molecular formula is C12H18O4. The van der Waals surface area contributed by atoms with Crippen molar-refractivity contribution in [2.24, 2.45) is 0 Å². The van der Waals surface area contributed by atoms with Crippen molar-refractivity contribution in [1.82, 2.24) is 0 Å². The van der Waals surface area contributed by atoms with Gasteiger partial charge in [0.05, 0.1) is 0 Å². The average molecular weight is 226 g/mol. The minimum absolute atomic E-state index is 0.607. The van der Waals surface area contributed by atoms with Crippen LogP contribution in [0.1, 0.15) is 39.0 Å². The zero-order chi connectivity index (χ0) is 12.4. The molecule has 90 valence electrons. The minimum atomic E-state index is -1.41. The molecule has 0 aromatic rings. The predicted molar refractivity (Wildman–Crippen MR) is 61.3 cm³/mol. The van der Waals surface area contributed by atoms with E-state index in [1.807, 2.05) is 0 Å². The normalized spacial score (nSPS) is 10.3. The summed E-state index contributed by atoms with van der Waals surface area (Å²) >= 11 is 0. The van der Waals surface area contributed by atoms with Crippen molar-refractivity contribution in [1.29, 1.82) is 0 Å². The van der Waals surface area contributed by atoms with Crippen molar-refractivity contribution in [3.63, 3.8) is 0 Å². The van der Waals surface area contributed by atoms with Crippen LogP contribution in [0, 0.1) is 0 Å². The Kier molecular flexibility index (Phi) is 7.85. The Balaban J connectivity index is 3.98. The number of aliphatic carboxylic acids is 2. The molecule has 0 bridgehead atoms. The zero-order valence-electron chi connectivity index (χ0n) is 9.48. The van der Waals surface area contributed by atoms with Crippen LogP contribution in [0.25, 0.3) is 0 Å². The first-order valence-electron chi connectivity index (χ1n) is 5.43. The largest absolute Gasteiger partial charge is 0.477 e. The molecular weight excluding hydrogens is 208 g/mol. The van der Waals surface area contributed by atoms with Gasteiger partial charge < -0.3 is 10.2 Å². The second kappa shape index (κ2) is 8.71. The van der Waals surface area contributed by atoms with Gasteiger partial charge in [0.15, 0.2) is 0 Å². The van der Waals surface area contributed by atoms with Gasteiger partial charge in [-0.3, -0.25) is 0 Å². The van der Waals surface area contributed by atoms with Crippen LogP contribution in [0.3, 0.4) is 0 Å². The summed E-state index contributed by atoms with van der Waals surface area (Å²) in [6, 6.07) is 0. The average Bonchev–Trinajstić information content (AvgIpc) is 2.21. The fraction of sp³-hybridized carbons (Fsp3) is 0.500. The third-order valence-corrected chi connectivity index (χ3v) is 2.08. The first-order chi connectivity index (χ1) is 7.59. The summed E-state index contributed by atoms with van der Waals surface area (Å²) < 4.78 is 0. The number of allylic oxidation sites excluding steroid dienone is 3. The molecule has 0 atom stereocenters. The third kappa shape index (κ3) is 6.81. The van der Waals surface area contributed by atoms with E-state index >= 15 is 0 Å². The smallest absolute Gasteiger partial charge is 0.343 e. The fourth-order valence-electron chi connectivity index (χ4n) is 1.18. The van der Waals surface area contributed by atoms with Crippen molar-refractivity contribution in [2.45, 2.75) is 39.0 Å². The second-order valence-corrected chi connectivity index (χ2v) is 3.47. The maximum atomic E-state index is 10.5. The Morgan fingerprint density at radius 1 is 1.06 bits per heavy atom. The Labute approximate surface area is 95.3 Å². The first-order valence-corrected chi connectivity index (χ1v) is 5.43. The minimum Gasteiger partial charge on any atom is -0.477 e. The van der Waals surface area contributed by atoms with E-state index in [0.29, 0.717) is 0 Å². The van der Waals surface area contributed by atoms with Crippen LogP contribution in [0.4, 0.5) is 0 Å². The number of unbranched alkanes of at least 4 members (excludes halogenated alkanes) is 4. The van der Waals surface area contributed by atoms with Gasteiger partial charge in [-0.1, -0.05) is 38.3 Å². The number of carboxylic acids is 2. The molecule has 2 N–H and O–H groups in total. The summed E-state index contributed by atoms with van der Waals surface area (Å²) in [5, 5.41) is 17.1. The van der Waals surface area contributed by atoms with Gasteiger partial charge in [-0.05, 0) is 18.9 Å². The van der Waals surface area contributed by atoms with E-state index in [1.165, 1.54) is 18.9 Å². The molecule has 0 aliphatic heterocycles.